The van der Waals surface area contributed by atoms with E-state index >= 15 is 0 Å². The van der Waals surface area contributed by atoms with Gasteiger partial charge in [-0.1, -0.05) is 58.0 Å². The molecule has 4 heteroatoms. The van der Waals surface area contributed by atoms with E-state index in [1.165, 1.54) is 61.2 Å². The third-order valence-corrected chi connectivity index (χ3v) is 10.4. The molecule has 0 saturated heterocycles. The van der Waals surface area contributed by atoms with Crippen molar-refractivity contribution in [2.45, 2.75) is 81.1 Å². The summed E-state index contributed by atoms with van der Waals surface area (Å²) in [4.78, 5) is 18.6. The van der Waals surface area contributed by atoms with Gasteiger partial charge in [0, 0.05) is 27.6 Å². The molecular formula is C42H44N4. The zero-order valence-corrected chi connectivity index (χ0v) is 28.5. The van der Waals surface area contributed by atoms with Crippen LogP contribution in [-0.4, -0.2) is 19.9 Å². The molecule has 0 saturated carbocycles. The molecule has 46 heavy (non-hydrogen) atoms. The molecule has 4 aliphatic rings. The van der Waals surface area contributed by atoms with Gasteiger partial charge in [-0.15, -0.1) is 0 Å². The molecular weight excluding hydrogens is 560 g/mol. The first-order valence-electron chi connectivity index (χ1n) is 16.9. The molecule has 0 spiro atoms. The molecule has 232 valence electrons. The lowest BCUT2D eigenvalue weighted by Crippen LogP contribution is -1.92. The van der Waals surface area contributed by atoms with Crippen LogP contribution in [0.1, 0.15) is 99.4 Å². The third kappa shape index (κ3) is 4.65. The number of aryl methyl sites for hydroxylation is 4. The fourth-order valence-electron chi connectivity index (χ4n) is 7.80. The number of allylic oxidation sites excluding steroid dienone is 4. The summed E-state index contributed by atoms with van der Waals surface area (Å²) in [5.74, 6) is 0. The van der Waals surface area contributed by atoms with Crippen LogP contribution < -0.4 is 0 Å². The Bertz CT molecular complexity index is 2080. The summed E-state index contributed by atoms with van der Waals surface area (Å²) < 4.78 is 0. The van der Waals surface area contributed by atoms with E-state index in [1.807, 2.05) is 0 Å². The highest BCUT2D eigenvalue weighted by Crippen LogP contribution is 2.45. The quantitative estimate of drug-likeness (QED) is 0.210. The molecule has 3 aromatic heterocycles. The number of hydrogen-bond donors (Lipinski definition) is 2. The number of aromatic amines is 2. The first-order valence-corrected chi connectivity index (χ1v) is 16.9. The summed E-state index contributed by atoms with van der Waals surface area (Å²) in [6, 6.07) is 22.2. The molecule has 8 bridgehead atoms. The Morgan fingerprint density at radius 3 is 1.37 bits per heavy atom. The molecule has 3 aromatic rings. The lowest BCUT2D eigenvalue weighted by molar-refractivity contribution is 1.14. The first-order chi connectivity index (χ1) is 22.3. The summed E-state index contributed by atoms with van der Waals surface area (Å²) in [6.07, 6.45) is 3.72. The number of hydrogen-bond acceptors (Lipinski definition) is 2. The minimum atomic E-state index is 0.910. The van der Waals surface area contributed by atoms with Crippen LogP contribution in [0.25, 0.3) is 66.6 Å². The summed E-state index contributed by atoms with van der Waals surface area (Å²) in [5.41, 5.74) is 23.8. The van der Waals surface area contributed by atoms with Crippen molar-refractivity contribution in [2.24, 2.45) is 0 Å². The lowest BCUT2D eigenvalue weighted by Gasteiger charge is -2.08. The maximum Gasteiger partial charge on any atom is 0.0769 e. The van der Waals surface area contributed by atoms with E-state index < -0.39 is 0 Å². The van der Waals surface area contributed by atoms with Crippen molar-refractivity contribution >= 4 is 44.4 Å². The van der Waals surface area contributed by atoms with Gasteiger partial charge in [0.1, 0.15) is 0 Å². The molecule has 2 N–H and O–H groups in total. The molecule has 0 amide bonds. The Morgan fingerprint density at radius 2 is 0.957 bits per heavy atom. The van der Waals surface area contributed by atoms with Gasteiger partial charge in [0.2, 0.25) is 0 Å². The fraction of sp³-hybridized carbons (Fsp3) is 0.286. The maximum atomic E-state index is 5.49. The first kappa shape index (κ1) is 30.0. The van der Waals surface area contributed by atoms with Crippen molar-refractivity contribution in [1.82, 2.24) is 19.9 Å². The van der Waals surface area contributed by atoms with E-state index in [1.54, 1.807) is 0 Å². The van der Waals surface area contributed by atoms with E-state index in [4.69, 9.17) is 9.97 Å². The predicted octanol–water partition coefficient (Wildman–Crippen LogP) is 11.5. The van der Waals surface area contributed by atoms with E-state index in [-0.39, 0.29) is 0 Å². The number of rotatable bonds is 5. The van der Waals surface area contributed by atoms with Crippen molar-refractivity contribution in [3.8, 4) is 22.3 Å². The highest BCUT2D eigenvalue weighted by molar-refractivity contribution is 6.03. The number of H-pyrrole nitrogens is 2. The Labute approximate surface area is 272 Å². The summed E-state index contributed by atoms with van der Waals surface area (Å²) >= 11 is 0. The molecule has 7 rings (SSSR count). The van der Waals surface area contributed by atoms with Gasteiger partial charge in [-0.05, 0) is 145 Å². The molecule has 0 fully saturated rings. The number of nitrogens with zero attached hydrogens (tertiary/aromatic N) is 2. The number of fused-ring (bicyclic) bond motifs is 9. The predicted molar refractivity (Wildman–Crippen MR) is 197 cm³/mol. The lowest BCUT2D eigenvalue weighted by atomic mass is 9.94. The van der Waals surface area contributed by atoms with Crippen LogP contribution in [0.3, 0.4) is 0 Å². The van der Waals surface area contributed by atoms with Crippen molar-refractivity contribution in [2.75, 3.05) is 0 Å². The van der Waals surface area contributed by atoms with E-state index in [0.717, 1.165) is 76.1 Å². The van der Waals surface area contributed by atoms with E-state index in [2.05, 4.69) is 126 Å². The molecule has 2 aliphatic heterocycles. The van der Waals surface area contributed by atoms with Gasteiger partial charge in [-0.2, -0.15) is 0 Å². The normalized spacial score (nSPS) is 13.4. The SMILES string of the molecule is CCC1=C(C)c2nc1cc1[nH]c(cc3[nH]c(cc4nc(c2-c2cc5cccccc-5c2)C(C)=C4CC)c(CC)c3C)c(C)c1CC. The molecule has 0 aromatic carbocycles. The van der Waals surface area contributed by atoms with E-state index in [0.29, 0.717) is 0 Å². The molecule has 5 heterocycles. The number of nitrogens with one attached hydrogen (secondary N) is 2. The van der Waals surface area contributed by atoms with Crippen LogP contribution >= 0.6 is 0 Å². The smallest absolute Gasteiger partial charge is 0.0769 e. The summed E-state index contributed by atoms with van der Waals surface area (Å²) in [7, 11) is 0. The van der Waals surface area contributed by atoms with Crippen LogP contribution in [0.5, 0.6) is 0 Å². The van der Waals surface area contributed by atoms with Crippen molar-refractivity contribution in [1.29, 1.82) is 0 Å². The van der Waals surface area contributed by atoms with Crippen LogP contribution in [0.2, 0.25) is 0 Å². The molecule has 0 radical (unpaired) electrons. The maximum absolute atomic E-state index is 5.49. The number of aromatic nitrogens is 4. The minimum Gasteiger partial charge on any atom is -0.355 e. The van der Waals surface area contributed by atoms with Gasteiger partial charge in [0.05, 0.1) is 22.8 Å². The molecule has 4 nitrogen and oxygen atoms in total. The summed E-state index contributed by atoms with van der Waals surface area (Å²) in [6.45, 7) is 18.0. The van der Waals surface area contributed by atoms with Crippen molar-refractivity contribution < 1.29 is 0 Å². The van der Waals surface area contributed by atoms with Gasteiger partial charge in [-0.3, -0.25) is 0 Å². The van der Waals surface area contributed by atoms with Gasteiger partial charge in [0.15, 0.2) is 0 Å². The highest BCUT2D eigenvalue weighted by Gasteiger charge is 2.27. The van der Waals surface area contributed by atoms with Gasteiger partial charge in [-0.25, -0.2) is 9.97 Å². The zero-order valence-electron chi connectivity index (χ0n) is 28.5. The molecule has 0 atom stereocenters. The van der Waals surface area contributed by atoms with Gasteiger partial charge < -0.3 is 9.97 Å². The third-order valence-electron chi connectivity index (χ3n) is 10.4. The van der Waals surface area contributed by atoms with Gasteiger partial charge >= 0.3 is 0 Å². The average molecular weight is 605 g/mol. The average Bonchev–Trinajstić information content (AvgIpc) is 3.77. The monoisotopic (exact) mass is 604 g/mol. The Morgan fingerprint density at radius 1 is 0.500 bits per heavy atom. The highest BCUT2D eigenvalue weighted by atomic mass is 14.8. The van der Waals surface area contributed by atoms with Gasteiger partial charge in [0.25, 0.3) is 0 Å². The standard InChI is InChI=1S/C42H44N4/c1-9-30-23(5)34-20-35-24(6)31(10-2)37(44-35)22-39-33(12-4)26(8)42(46-39)40(29-18-27-16-14-13-15-17-28(27)19-29)41-25(7)32(11-3)38(45-41)21-36(30)43-34/h13-22,43-44H,9-12H2,1-8H3. The zero-order chi connectivity index (χ0) is 32.3. The largest absolute Gasteiger partial charge is 0.355 e. The van der Waals surface area contributed by atoms with Crippen LogP contribution in [-0.2, 0) is 12.8 Å². The van der Waals surface area contributed by atoms with Crippen LogP contribution in [0, 0.1) is 13.8 Å². The van der Waals surface area contributed by atoms with Crippen molar-refractivity contribution in [3.05, 3.63) is 106 Å². The Balaban J connectivity index is 1.72. The topological polar surface area (TPSA) is 57.4 Å². The van der Waals surface area contributed by atoms with Crippen LogP contribution in [0.15, 0.2) is 60.7 Å². The van der Waals surface area contributed by atoms with E-state index in [9.17, 15) is 0 Å². The van der Waals surface area contributed by atoms with Crippen LogP contribution in [0.4, 0.5) is 0 Å². The fourth-order valence-corrected chi connectivity index (χ4v) is 7.80. The Kier molecular flexibility index (Phi) is 7.55. The second-order valence-electron chi connectivity index (χ2n) is 12.8. The Hall–Kier alpha value is -4.70. The minimum absolute atomic E-state index is 0.910. The molecule has 2 aliphatic carbocycles. The van der Waals surface area contributed by atoms with Crippen molar-refractivity contribution in [3.63, 3.8) is 0 Å². The second-order valence-corrected chi connectivity index (χ2v) is 12.8. The molecule has 0 unspecified atom stereocenters. The second kappa shape index (κ2) is 11.6. The summed E-state index contributed by atoms with van der Waals surface area (Å²) in [5, 5.41) is 0.